The van der Waals surface area contributed by atoms with Crippen molar-refractivity contribution >= 4 is 0 Å². The molecule has 2 atom stereocenters. The number of hydrogen-bond donors (Lipinski definition) is 0. The molecule has 248 valence electrons. The van der Waals surface area contributed by atoms with Crippen LogP contribution in [0, 0.1) is 11.8 Å². The molecule has 2 unspecified atom stereocenters. The summed E-state index contributed by atoms with van der Waals surface area (Å²) in [6.07, 6.45) is 36.0. The minimum absolute atomic E-state index is 0.291. The summed E-state index contributed by atoms with van der Waals surface area (Å²) in [7, 11) is 0. The average Bonchev–Trinajstić information content (AvgIpc) is 2.96. The Labute approximate surface area is 260 Å². The van der Waals surface area contributed by atoms with Gasteiger partial charge in [-0.1, -0.05) is 181 Å². The molecule has 0 radical (unpaired) electrons. The lowest BCUT2D eigenvalue weighted by molar-refractivity contribution is -0.408. The van der Waals surface area contributed by atoms with Crippen molar-refractivity contribution in [1.29, 1.82) is 0 Å². The molecule has 0 rings (SSSR count). The van der Waals surface area contributed by atoms with Gasteiger partial charge in [0.15, 0.2) is 0 Å². The Balaban J connectivity index is 4.18. The minimum Gasteiger partial charge on any atom is -0.328 e. The van der Waals surface area contributed by atoms with Crippen LogP contribution in [0.15, 0.2) is 0 Å². The summed E-state index contributed by atoms with van der Waals surface area (Å²) in [5, 5.41) is 0. The highest BCUT2D eigenvalue weighted by Crippen LogP contribution is 2.38. The summed E-state index contributed by atoms with van der Waals surface area (Å²) in [6, 6.07) is 0. The average molecular weight is 583 g/mol. The first-order chi connectivity index (χ1) is 20.1. The van der Waals surface area contributed by atoms with Gasteiger partial charge >= 0.3 is 0 Å². The molecule has 0 saturated carbocycles. The van der Waals surface area contributed by atoms with E-state index in [4.69, 9.17) is 14.2 Å². The molecule has 0 N–H and O–H groups in total. The molecule has 0 aromatic rings. The molecule has 0 aliphatic rings. The van der Waals surface area contributed by atoms with Crippen LogP contribution in [0.3, 0.4) is 0 Å². The first kappa shape index (κ1) is 40.9. The van der Waals surface area contributed by atoms with Crippen molar-refractivity contribution in [3.8, 4) is 0 Å². The van der Waals surface area contributed by atoms with Gasteiger partial charge in [0, 0.05) is 25.7 Å². The summed E-state index contributed by atoms with van der Waals surface area (Å²) in [5.74, 6) is -0.0503. The zero-order valence-electron chi connectivity index (χ0n) is 29.4. The van der Waals surface area contributed by atoms with Crippen LogP contribution in [-0.4, -0.2) is 25.8 Å². The van der Waals surface area contributed by atoms with Gasteiger partial charge in [-0.2, -0.15) is 0 Å². The number of rotatable bonds is 34. The maximum atomic E-state index is 6.29. The maximum Gasteiger partial charge on any atom is 0.286 e. The van der Waals surface area contributed by atoms with Crippen LogP contribution in [0.4, 0.5) is 0 Å². The Morgan fingerprint density at radius 1 is 0.366 bits per heavy atom. The second kappa shape index (κ2) is 31.3. The Kier molecular flexibility index (Phi) is 31.2. The molecule has 0 spiro atoms. The number of unbranched alkanes of at least 4 members (excludes halogenated alkanes) is 22. The van der Waals surface area contributed by atoms with E-state index in [0.717, 1.165) is 6.42 Å². The summed E-state index contributed by atoms with van der Waals surface area (Å²) in [5.41, 5.74) is 0. The van der Waals surface area contributed by atoms with E-state index in [-0.39, 0.29) is 0 Å². The van der Waals surface area contributed by atoms with Crippen molar-refractivity contribution in [2.24, 2.45) is 11.8 Å². The van der Waals surface area contributed by atoms with Gasteiger partial charge in [0.05, 0.1) is 0 Å². The van der Waals surface area contributed by atoms with Gasteiger partial charge in [0.2, 0.25) is 0 Å². The lowest BCUT2D eigenvalue weighted by Gasteiger charge is -2.42. The van der Waals surface area contributed by atoms with Crippen LogP contribution >= 0.6 is 0 Å². The molecule has 0 aromatic heterocycles. The number of ether oxygens (including phenoxy) is 3. The Morgan fingerprint density at radius 3 is 0.927 bits per heavy atom. The SMILES string of the molecule is CCCCCCCCCCCCCCCCCCCCC(C)C(CCCCCCCC)C(OCC)(OCC)OCC. The molecule has 0 aromatic carbocycles. The summed E-state index contributed by atoms with van der Waals surface area (Å²) in [6.45, 7) is 15.1. The number of hydrogen-bond acceptors (Lipinski definition) is 3. The zero-order chi connectivity index (χ0) is 30.3. The molecule has 3 heteroatoms. The van der Waals surface area contributed by atoms with Gasteiger partial charge in [-0.15, -0.1) is 0 Å². The Hall–Kier alpha value is -0.120. The predicted molar refractivity (Wildman–Crippen MR) is 182 cm³/mol. The van der Waals surface area contributed by atoms with E-state index in [1.165, 1.54) is 161 Å². The van der Waals surface area contributed by atoms with Crippen LogP contribution in [0.2, 0.25) is 0 Å². The van der Waals surface area contributed by atoms with E-state index < -0.39 is 5.97 Å². The highest BCUT2D eigenvalue weighted by Gasteiger charge is 2.44. The van der Waals surface area contributed by atoms with Gasteiger partial charge in [0.25, 0.3) is 5.97 Å². The fourth-order valence-electron chi connectivity index (χ4n) is 6.57. The molecule has 0 fully saturated rings. The van der Waals surface area contributed by atoms with Crippen molar-refractivity contribution in [3.63, 3.8) is 0 Å². The van der Waals surface area contributed by atoms with E-state index in [2.05, 4.69) is 41.5 Å². The van der Waals surface area contributed by atoms with Crippen molar-refractivity contribution in [2.75, 3.05) is 19.8 Å². The van der Waals surface area contributed by atoms with Crippen LogP contribution in [0.25, 0.3) is 0 Å². The molecule has 0 bridgehead atoms. The fraction of sp³-hybridized carbons (Fsp3) is 1.00. The monoisotopic (exact) mass is 583 g/mol. The normalized spacial score (nSPS) is 13.6. The first-order valence-corrected chi connectivity index (χ1v) is 19.0. The minimum atomic E-state index is -0.880. The lowest BCUT2D eigenvalue weighted by atomic mass is 9.83. The van der Waals surface area contributed by atoms with Crippen molar-refractivity contribution in [3.05, 3.63) is 0 Å². The van der Waals surface area contributed by atoms with Gasteiger partial charge in [0.1, 0.15) is 0 Å². The van der Waals surface area contributed by atoms with E-state index in [1.54, 1.807) is 0 Å². The van der Waals surface area contributed by atoms with E-state index in [9.17, 15) is 0 Å². The van der Waals surface area contributed by atoms with Crippen LogP contribution in [0.5, 0.6) is 0 Å². The predicted octanol–water partition coefficient (Wildman–Crippen LogP) is 13.2. The van der Waals surface area contributed by atoms with Crippen LogP contribution < -0.4 is 0 Å². The molecule has 41 heavy (non-hydrogen) atoms. The molecular formula is C38H78O3. The van der Waals surface area contributed by atoms with E-state index in [1.807, 2.05) is 0 Å². The van der Waals surface area contributed by atoms with Crippen LogP contribution in [-0.2, 0) is 14.2 Å². The van der Waals surface area contributed by atoms with E-state index >= 15 is 0 Å². The van der Waals surface area contributed by atoms with Gasteiger partial charge in [-0.05, 0) is 33.1 Å². The Morgan fingerprint density at radius 2 is 0.634 bits per heavy atom. The highest BCUT2D eigenvalue weighted by atomic mass is 16.9. The summed E-state index contributed by atoms with van der Waals surface area (Å²) in [4.78, 5) is 0. The summed E-state index contributed by atoms with van der Waals surface area (Å²) < 4.78 is 18.9. The second-order valence-corrected chi connectivity index (χ2v) is 12.8. The van der Waals surface area contributed by atoms with Gasteiger partial charge < -0.3 is 14.2 Å². The lowest BCUT2D eigenvalue weighted by Crippen LogP contribution is -2.49. The van der Waals surface area contributed by atoms with Crippen molar-refractivity contribution in [2.45, 2.75) is 214 Å². The maximum absolute atomic E-state index is 6.29. The molecule has 0 amide bonds. The van der Waals surface area contributed by atoms with Crippen molar-refractivity contribution < 1.29 is 14.2 Å². The third kappa shape index (κ3) is 23.0. The van der Waals surface area contributed by atoms with E-state index in [0.29, 0.717) is 31.7 Å². The smallest absolute Gasteiger partial charge is 0.286 e. The largest absolute Gasteiger partial charge is 0.328 e. The third-order valence-corrected chi connectivity index (χ3v) is 9.06. The molecule has 0 saturated heterocycles. The standard InChI is InChI=1S/C38H78O3/c1-7-12-14-16-18-19-20-21-22-23-24-25-26-27-28-29-30-32-34-36(6)37(35-33-31-17-15-13-8-2)38(39-9-3,40-10-4)41-11-5/h36-37H,7-35H2,1-6H3. The second-order valence-electron chi connectivity index (χ2n) is 12.8. The molecule has 0 aliphatic carbocycles. The topological polar surface area (TPSA) is 27.7 Å². The zero-order valence-corrected chi connectivity index (χ0v) is 29.4. The summed E-state index contributed by atoms with van der Waals surface area (Å²) >= 11 is 0. The van der Waals surface area contributed by atoms with Crippen LogP contribution in [0.1, 0.15) is 208 Å². The first-order valence-electron chi connectivity index (χ1n) is 19.0. The van der Waals surface area contributed by atoms with Gasteiger partial charge in [-0.3, -0.25) is 0 Å². The molecule has 3 nitrogen and oxygen atoms in total. The molecular weight excluding hydrogens is 504 g/mol. The Bertz CT molecular complexity index is 477. The highest BCUT2D eigenvalue weighted by molar-refractivity contribution is 4.78. The van der Waals surface area contributed by atoms with Crippen molar-refractivity contribution in [1.82, 2.24) is 0 Å². The van der Waals surface area contributed by atoms with Gasteiger partial charge in [-0.25, -0.2) is 0 Å². The fourth-order valence-corrected chi connectivity index (χ4v) is 6.57. The quantitative estimate of drug-likeness (QED) is 0.0558. The third-order valence-electron chi connectivity index (χ3n) is 9.06. The molecule has 0 aliphatic heterocycles. The molecule has 0 heterocycles.